The van der Waals surface area contributed by atoms with E-state index in [9.17, 15) is 24.3 Å². The molecule has 0 amide bonds. The largest absolute Gasteiger partial charge is 0.388 e. The number of carbonyl (C=O) groups excluding carboxylic acids is 1. The van der Waals surface area contributed by atoms with Crippen molar-refractivity contribution in [2.45, 2.75) is 97.6 Å². The number of nitroso groups, excluding NO2 is 1. The quantitative estimate of drug-likeness (QED) is 0.269. The molecule has 3 fully saturated rings. The number of Topliss-reactive ketones (excluding diaryl/α,β-unsaturated/α-hetero) is 1. The van der Waals surface area contributed by atoms with E-state index in [-0.39, 0.29) is 23.2 Å². The maximum atomic E-state index is 13.2. The van der Waals surface area contributed by atoms with Crippen LogP contribution in [0.4, 0.5) is 4.39 Å². The van der Waals surface area contributed by atoms with Crippen molar-refractivity contribution in [1.82, 2.24) is 9.78 Å². The van der Waals surface area contributed by atoms with Gasteiger partial charge >= 0.3 is 0 Å². The maximum absolute atomic E-state index is 13.2. The molecule has 5 rings (SSSR count). The number of fused-ring (bicyclic) bond motifs is 6. The Morgan fingerprint density at radius 3 is 2.72 bits per heavy atom. The minimum atomic E-state index is -1.33. The second-order valence-corrected chi connectivity index (χ2v) is 11.9. The van der Waals surface area contributed by atoms with Crippen molar-refractivity contribution in [3.05, 3.63) is 40.1 Å². The standard InChI is InChI=1S/C28H38FN3O5.C2H6/c1-17(34)37-28(24(35)16-33)9-8-21-20-7-6-19-12-22-18(15-32(30-22)11-5-4-10-29)13-26(19,2)25(20)23(31-36)14-27(21,28)3;1-2/h4-5,12,15,17,20-21,23,25,33-34H,6-11,13-14,16H2,1-3H3;1-2H3/b5-4-;/t17?,20?,21?,23?,25?,26?,27?,28-;/m0./s1. The summed E-state index contributed by atoms with van der Waals surface area (Å²) in [7, 11) is 0. The Labute approximate surface area is 230 Å². The minimum Gasteiger partial charge on any atom is -0.388 e. The van der Waals surface area contributed by atoms with Crippen molar-refractivity contribution in [3.8, 4) is 0 Å². The lowest BCUT2D eigenvalue weighted by atomic mass is 9.45. The van der Waals surface area contributed by atoms with Crippen LogP contribution in [0.3, 0.4) is 0 Å². The number of rotatable bonds is 8. The number of hydrogen-bond donors (Lipinski definition) is 2. The maximum Gasteiger partial charge on any atom is 0.190 e. The number of alkyl halides is 1. The van der Waals surface area contributed by atoms with E-state index in [0.29, 0.717) is 19.4 Å². The molecule has 0 saturated heterocycles. The summed E-state index contributed by atoms with van der Waals surface area (Å²) in [6.07, 6.45) is 10.3. The van der Waals surface area contributed by atoms with Gasteiger partial charge in [0, 0.05) is 11.6 Å². The molecule has 1 aromatic heterocycles. The molecule has 8 atom stereocenters. The van der Waals surface area contributed by atoms with Crippen LogP contribution in [-0.4, -0.2) is 57.0 Å². The normalized spacial score (nSPS) is 37.5. The van der Waals surface area contributed by atoms with Crippen molar-refractivity contribution in [2.75, 3.05) is 13.3 Å². The average molecular weight is 546 g/mol. The zero-order valence-corrected chi connectivity index (χ0v) is 23.9. The Hall–Kier alpha value is -2.23. The predicted octanol–water partition coefficient (Wildman–Crippen LogP) is 5.02. The molecule has 0 spiro atoms. The van der Waals surface area contributed by atoms with Crippen LogP contribution in [0.2, 0.25) is 0 Å². The fourth-order valence-electron chi connectivity index (χ4n) is 8.80. The van der Waals surface area contributed by atoms with E-state index in [0.717, 1.165) is 36.9 Å². The van der Waals surface area contributed by atoms with Gasteiger partial charge in [0.25, 0.3) is 0 Å². The van der Waals surface area contributed by atoms with Crippen molar-refractivity contribution < 1.29 is 24.1 Å². The van der Waals surface area contributed by atoms with Crippen LogP contribution >= 0.6 is 0 Å². The summed E-state index contributed by atoms with van der Waals surface area (Å²) in [6, 6.07) is -0.523. The van der Waals surface area contributed by atoms with Crippen LogP contribution in [0, 0.1) is 33.5 Å². The highest BCUT2D eigenvalue weighted by Gasteiger charge is 2.70. The van der Waals surface area contributed by atoms with Gasteiger partial charge in [-0.25, -0.2) is 4.39 Å². The molecule has 7 unspecified atom stereocenters. The van der Waals surface area contributed by atoms with E-state index >= 15 is 0 Å². The van der Waals surface area contributed by atoms with Gasteiger partial charge in [-0.3, -0.25) is 9.48 Å². The first-order valence-electron chi connectivity index (χ1n) is 14.4. The average Bonchev–Trinajstić information content (AvgIpc) is 3.44. The van der Waals surface area contributed by atoms with Gasteiger partial charge in [0.1, 0.15) is 18.9 Å². The number of hydrogen-bond acceptors (Lipinski definition) is 7. The molecule has 216 valence electrons. The summed E-state index contributed by atoms with van der Waals surface area (Å²) in [5, 5.41) is 28.4. The van der Waals surface area contributed by atoms with Gasteiger partial charge in [-0.05, 0) is 80.3 Å². The Morgan fingerprint density at radius 1 is 1.33 bits per heavy atom. The zero-order valence-electron chi connectivity index (χ0n) is 23.9. The second kappa shape index (κ2) is 11.3. The SMILES string of the molecule is CC.CC(O)O[C@]1(C(=O)CO)CCC2C3CCC4=Cc5nn(C/C=C\CF)cc5CC4(C)C3C(N=O)CC21C. The van der Waals surface area contributed by atoms with Crippen molar-refractivity contribution >= 4 is 11.9 Å². The molecular weight excluding hydrogens is 501 g/mol. The number of halogens is 1. The molecule has 0 bridgehead atoms. The molecule has 9 heteroatoms. The van der Waals surface area contributed by atoms with Gasteiger partial charge in [-0.15, -0.1) is 0 Å². The van der Waals surface area contributed by atoms with Crippen molar-refractivity contribution in [2.24, 2.45) is 33.8 Å². The molecule has 4 aliphatic rings. The summed E-state index contributed by atoms with van der Waals surface area (Å²) >= 11 is 0. The summed E-state index contributed by atoms with van der Waals surface area (Å²) in [5.41, 5.74) is 1.03. The number of nitrogens with zero attached hydrogens (tertiary/aromatic N) is 3. The van der Waals surface area contributed by atoms with Crippen LogP contribution in [-0.2, 0) is 22.5 Å². The lowest BCUT2D eigenvalue weighted by Gasteiger charge is -2.60. The van der Waals surface area contributed by atoms with E-state index in [1.807, 2.05) is 31.6 Å². The summed E-state index contributed by atoms with van der Waals surface area (Å²) in [5.74, 6) is -0.144. The first-order valence-corrected chi connectivity index (χ1v) is 14.4. The van der Waals surface area contributed by atoms with Crippen LogP contribution in [0.15, 0.2) is 29.1 Å². The lowest BCUT2D eigenvalue weighted by Crippen LogP contribution is -2.63. The monoisotopic (exact) mass is 545 g/mol. The van der Waals surface area contributed by atoms with E-state index in [2.05, 4.69) is 18.2 Å². The number of carbonyl (C=O) groups is 1. The van der Waals surface area contributed by atoms with Gasteiger partial charge in [0.15, 0.2) is 12.1 Å². The molecule has 0 aromatic carbocycles. The highest BCUT2D eigenvalue weighted by atomic mass is 19.1. The number of aliphatic hydroxyl groups is 2. The number of ether oxygens (including phenoxy) is 1. The number of allylic oxidation sites excluding steroid dienone is 3. The number of aromatic nitrogens is 2. The van der Waals surface area contributed by atoms with E-state index in [4.69, 9.17) is 9.84 Å². The minimum absolute atomic E-state index is 0.0117. The molecule has 0 aliphatic heterocycles. The van der Waals surface area contributed by atoms with Crippen LogP contribution < -0.4 is 0 Å². The third-order valence-corrected chi connectivity index (χ3v) is 10.2. The smallest absolute Gasteiger partial charge is 0.190 e. The van der Waals surface area contributed by atoms with E-state index in [1.165, 1.54) is 18.6 Å². The molecule has 2 N–H and O–H groups in total. The first kappa shape index (κ1) is 29.7. The predicted molar refractivity (Wildman–Crippen MR) is 147 cm³/mol. The van der Waals surface area contributed by atoms with Gasteiger partial charge in [-0.1, -0.05) is 50.6 Å². The molecule has 0 radical (unpaired) electrons. The molecule has 3 saturated carbocycles. The van der Waals surface area contributed by atoms with Gasteiger partial charge in [0.2, 0.25) is 0 Å². The Morgan fingerprint density at radius 2 is 2.08 bits per heavy atom. The summed E-state index contributed by atoms with van der Waals surface area (Å²) in [6.45, 7) is 9.06. The first-order chi connectivity index (χ1) is 18.6. The van der Waals surface area contributed by atoms with E-state index in [1.54, 1.807) is 6.08 Å². The van der Waals surface area contributed by atoms with Crippen molar-refractivity contribution in [1.29, 1.82) is 0 Å². The Balaban J connectivity index is 0.00000172. The molecule has 39 heavy (non-hydrogen) atoms. The molecular formula is C30H44FN3O5. The number of aliphatic hydroxyl groups excluding tert-OH is 2. The topological polar surface area (TPSA) is 114 Å². The highest BCUT2D eigenvalue weighted by molar-refractivity contribution is 5.90. The van der Waals surface area contributed by atoms with Crippen molar-refractivity contribution in [3.63, 3.8) is 0 Å². The molecule has 1 heterocycles. The fraction of sp³-hybridized carbons (Fsp3) is 0.733. The zero-order chi connectivity index (χ0) is 28.6. The second-order valence-electron chi connectivity index (χ2n) is 11.9. The Bertz CT molecular complexity index is 1130. The van der Waals surface area contributed by atoms with Gasteiger partial charge in [0.05, 0.1) is 18.3 Å². The molecule has 1 aromatic rings. The van der Waals surface area contributed by atoms with Crippen LogP contribution in [0.1, 0.15) is 78.0 Å². The van der Waals surface area contributed by atoms with Gasteiger partial charge < -0.3 is 14.9 Å². The molecule has 4 aliphatic carbocycles. The fourth-order valence-corrected chi connectivity index (χ4v) is 8.80. The molecule has 8 nitrogen and oxygen atoms in total. The van der Waals surface area contributed by atoms with Crippen LogP contribution in [0.25, 0.3) is 6.08 Å². The summed E-state index contributed by atoms with van der Waals surface area (Å²) in [4.78, 5) is 25.7. The van der Waals surface area contributed by atoms with E-state index < -0.39 is 42.4 Å². The van der Waals surface area contributed by atoms with Crippen LogP contribution in [0.5, 0.6) is 0 Å². The third kappa shape index (κ3) is 4.64. The number of ketones is 1. The summed E-state index contributed by atoms with van der Waals surface area (Å²) < 4.78 is 20.3. The lowest BCUT2D eigenvalue weighted by molar-refractivity contribution is -0.228. The third-order valence-electron chi connectivity index (χ3n) is 10.2. The highest BCUT2D eigenvalue weighted by Crippen LogP contribution is 2.69. The Kier molecular flexibility index (Phi) is 8.64. The van der Waals surface area contributed by atoms with Gasteiger partial charge in [-0.2, -0.15) is 10.0 Å².